The molecule has 6 heteroatoms. The lowest BCUT2D eigenvalue weighted by Crippen LogP contribution is -2.63. The molecule has 1 spiro atoms. The normalized spacial score (nSPS) is 28.0. The Kier molecular flexibility index (Phi) is 3.78. The number of rotatable bonds is 2. The minimum absolute atomic E-state index is 0.0404. The highest BCUT2D eigenvalue weighted by molar-refractivity contribution is 9.10. The van der Waals surface area contributed by atoms with Crippen molar-refractivity contribution in [3.05, 3.63) is 22.6 Å². The SMILES string of the molecule is O=C(c1ccc(Br)o1)N1CC2(CC(N3CCCCC3)CO2)C1. The van der Waals surface area contributed by atoms with E-state index >= 15 is 0 Å². The van der Waals surface area contributed by atoms with Gasteiger partial charge in [-0.05, 0) is 60.4 Å². The number of piperidine rings is 1. The third-order valence-electron chi connectivity index (χ3n) is 5.13. The number of ether oxygens (including phenoxy) is 1. The second-order valence-electron chi connectivity index (χ2n) is 6.71. The monoisotopic (exact) mass is 368 g/mol. The minimum atomic E-state index is -0.110. The number of carbonyl (C=O) groups excluding carboxylic acids is 1. The van der Waals surface area contributed by atoms with Crippen LogP contribution in [0.1, 0.15) is 36.2 Å². The molecular weight excluding hydrogens is 348 g/mol. The molecule has 0 aromatic carbocycles. The molecule has 1 aromatic heterocycles. The number of halogens is 1. The molecule has 120 valence electrons. The molecule has 3 aliphatic heterocycles. The van der Waals surface area contributed by atoms with Crippen LogP contribution in [0.25, 0.3) is 0 Å². The average molecular weight is 369 g/mol. The number of hydrogen-bond donors (Lipinski definition) is 0. The van der Waals surface area contributed by atoms with Gasteiger partial charge >= 0.3 is 0 Å². The van der Waals surface area contributed by atoms with Gasteiger partial charge in [0.2, 0.25) is 0 Å². The molecule has 3 aliphatic rings. The molecule has 1 unspecified atom stereocenters. The number of likely N-dealkylation sites (tertiary alicyclic amines) is 2. The highest BCUT2D eigenvalue weighted by atomic mass is 79.9. The number of hydrogen-bond acceptors (Lipinski definition) is 4. The van der Waals surface area contributed by atoms with Gasteiger partial charge in [-0.2, -0.15) is 0 Å². The average Bonchev–Trinajstić information content (AvgIpc) is 3.12. The van der Waals surface area contributed by atoms with Gasteiger partial charge in [0.15, 0.2) is 10.4 Å². The summed E-state index contributed by atoms with van der Waals surface area (Å²) in [6.45, 7) is 4.59. The maximum absolute atomic E-state index is 12.3. The summed E-state index contributed by atoms with van der Waals surface area (Å²) in [7, 11) is 0. The van der Waals surface area contributed by atoms with E-state index in [-0.39, 0.29) is 11.5 Å². The molecule has 0 aliphatic carbocycles. The second-order valence-corrected chi connectivity index (χ2v) is 7.50. The van der Waals surface area contributed by atoms with E-state index in [2.05, 4.69) is 20.8 Å². The molecule has 3 fully saturated rings. The van der Waals surface area contributed by atoms with E-state index in [9.17, 15) is 4.79 Å². The summed E-state index contributed by atoms with van der Waals surface area (Å²) in [5.74, 6) is 0.355. The van der Waals surface area contributed by atoms with E-state index in [1.165, 1.54) is 32.4 Å². The van der Waals surface area contributed by atoms with E-state index in [0.717, 1.165) is 13.0 Å². The molecule has 1 amide bonds. The Morgan fingerprint density at radius 1 is 1.23 bits per heavy atom. The van der Waals surface area contributed by atoms with Gasteiger partial charge in [-0.3, -0.25) is 9.69 Å². The number of nitrogens with zero attached hydrogens (tertiary/aromatic N) is 2. The van der Waals surface area contributed by atoms with Crippen LogP contribution in [0.15, 0.2) is 21.2 Å². The Bertz CT molecular complexity index is 561. The van der Waals surface area contributed by atoms with Gasteiger partial charge in [-0.15, -0.1) is 0 Å². The summed E-state index contributed by atoms with van der Waals surface area (Å²) >= 11 is 3.23. The van der Waals surface area contributed by atoms with Crippen molar-refractivity contribution in [3.8, 4) is 0 Å². The fourth-order valence-corrected chi connectivity index (χ4v) is 4.24. The smallest absolute Gasteiger partial charge is 0.289 e. The van der Waals surface area contributed by atoms with Crippen LogP contribution in [0.5, 0.6) is 0 Å². The van der Waals surface area contributed by atoms with Crippen molar-refractivity contribution in [3.63, 3.8) is 0 Å². The first-order chi connectivity index (χ1) is 10.7. The van der Waals surface area contributed by atoms with Gasteiger partial charge in [0.25, 0.3) is 5.91 Å². The maximum atomic E-state index is 12.3. The van der Waals surface area contributed by atoms with Crippen molar-refractivity contribution in [2.24, 2.45) is 0 Å². The van der Waals surface area contributed by atoms with E-state index in [1.54, 1.807) is 12.1 Å². The predicted octanol–water partition coefficient (Wildman–Crippen LogP) is 2.51. The zero-order valence-electron chi connectivity index (χ0n) is 12.6. The Balaban J connectivity index is 1.34. The van der Waals surface area contributed by atoms with Gasteiger partial charge in [0.1, 0.15) is 5.60 Å². The van der Waals surface area contributed by atoms with Crippen LogP contribution in [0.4, 0.5) is 0 Å². The predicted molar refractivity (Wildman–Crippen MR) is 84.8 cm³/mol. The van der Waals surface area contributed by atoms with Gasteiger partial charge in [-0.25, -0.2) is 0 Å². The summed E-state index contributed by atoms with van der Waals surface area (Å²) in [5, 5.41) is 0. The highest BCUT2D eigenvalue weighted by Crippen LogP contribution is 2.38. The molecule has 0 bridgehead atoms. The van der Waals surface area contributed by atoms with Crippen LogP contribution in [0.2, 0.25) is 0 Å². The molecule has 0 saturated carbocycles. The van der Waals surface area contributed by atoms with Crippen molar-refractivity contribution >= 4 is 21.8 Å². The van der Waals surface area contributed by atoms with Gasteiger partial charge in [-0.1, -0.05) is 6.42 Å². The largest absolute Gasteiger partial charge is 0.444 e. The molecule has 1 atom stereocenters. The van der Waals surface area contributed by atoms with Gasteiger partial charge in [0.05, 0.1) is 19.7 Å². The van der Waals surface area contributed by atoms with Crippen LogP contribution >= 0.6 is 15.9 Å². The van der Waals surface area contributed by atoms with Gasteiger partial charge < -0.3 is 14.1 Å². The van der Waals surface area contributed by atoms with Crippen molar-refractivity contribution in [1.29, 1.82) is 0 Å². The molecule has 3 saturated heterocycles. The fraction of sp³-hybridized carbons (Fsp3) is 0.688. The van der Waals surface area contributed by atoms with Crippen LogP contribution in [0.3, 0.4) is 0 Å². The Morgan fingerprint density at radius 2 is 2.00 bits per heavy atom. The highest BCUT2D eigenvalue weighted by Gasteiger charge is 2.52. The Morgan fingerprint density at radius 3 is 2.68 bits per heavy atom. The lowest BCUT2D eigenvalue weighted by molar-refractivity contribution is -0.0957. The van der Waals surface area contributed by atoms with E-state index in [0.29, 0.717) is 29.6 Å². The van der Waals surface area contributed by atoms with Crippen LogP contribution < -0.4 is 0 Å². The van der Waals surface area contributed by atoms with Crippen molar-refractivity contribution < 1.29 is 13.9 Å². The molecule has 5 nitrogen and oxygen atoms in total. The maximum Gasteiger partial charge on any atom is 0.289 e. The Hall–Kier alpha value is -0.850. The summed E-state index contributed by atoms with van der Waals surface area (Å²) < 4.78 is 12.0. The van der Waals surface area contributed by atoms with Crippen molar-refractivity contribution in [1.82, 2.24) is 9.80 Å². The Labute approximate surface area is 138 Å². The minimum Gasteiger partial charge on any atom is -0.444 e. The first kappa shape index (κ1) is 14.7. The van der Waals surface area contributed by atoms with Crippen molar-refractivity contribution in [2.45, 2.75) is 37.3 Å². The first-order valence-electron chi connectivity index (χ1n) is 8.08. The number of carbonyl (C=O) groups is 1. The quantitative estimate of drug-likeness (QED) is 0.804. The molecular formula is C16H21BrN2O3. The standard InChI is InChI=1S/C16H21BrN2O3/c17-14-5-4-13(22-14)15(20)19-10-16(11-19)8-12(9-21-16)18-6-2-1-3-7-18/h4-5,12H,1-3,6-11H2. The van der Waals surface area contributed by atoms with Gasteiger partial charge in [0, 0.05) is 6.04 Å². The summed E-state index contributed by atoms with van der Waals surface area (Å²) in [4.78, 5) is 16.7. The first-order valence-corrected chi connectivity index (χ1v) is 8.87. The topological polar surface area (TPSA) is 45.9 Å². The molecule has 4 rings (SSSR count). The summed E-state index contributed by atoms with van der Waals surface area (Å²) in [6.07, 6.45) is 5.03. The molecule has 4 heterocycles. The lowest BCUT2D eigenvalue weighted by atomic mass is 9.88. The van der Waals surface area contributed by atoms with Crippen molar-refractivity contribution in [2.75, 3.05) is 32.8 Å². The molecule has 0 radical (unpaired) electrons. The zero-order chi connectivity index (χ0) is 15.2. The lowest BCUT2D eigenvalue weighted by Gasteiger charge is -2.47. The second kappa shape index (κ2) is 5.65. The van der Waals surface area contributed by atoms with E-state index in [4.69, 9.17) is 9.15 Å². The van der Waals surface area contributed by atoms with E-state index < -0.39 is 0 Å². The zero-order valence-corrected chi connectivity index (χ0v) is 14.2. The van der Waals surface area contributed by atoms with Crippen LogP contribution in [0, 0.1) is 0 Å². The van der Waals surface area contributed by atoms with Crippen LogP contribution in [-0.4, -0.2) is 60.1 Å². The summed E-state index contributed by atoms with van der Waals surface area (Å²) in [5.41, 5.74) is -0.110. The third kappa shape index (κ3) is 2.61. The molecule has 0 N–H and O–H groups in total. The third-order valence-corrected chi connectivity index (χ3v) is 5.55. The fourth-order valence-electron chi connectivity index (χ4n) is 3.94. The van der Waals surface area contributed by atoms with Crippen LogP contribution in [-0.2, 0) is 4.74 Å². The molecule has 1 aromatic rings. The summed E-state index contributed by atoms with van der Waals surface area (Å²) in [6, 6.07) is 4.00. The molecule has 22 heavy (non-hydrogen) atoms. The number of furan rings is 1. The number of amides is 1. The van der Waals surface area contributed by atoms with E-state index in [1.807, 2.05) is 4.90 Å².